The molecule has 9 heteroatoms. The number of benzene rings is 1. The van der Waals surface area contributed by atoms with Gasteiger partial charge >= 0.3 is 12.1 Å². The van der Waals surface area contributed by atoms with Crippen LogP contribution in [0.25, 0.3) is 0 Å². The van der Waals surface area contributed by atoms with Crippen LogP contribution >= 0.6 is 0 Å². The molecule has 0 spiro atoms. The Morgan fingerprint density at radius 1 is 1.14 bits per heavy atom. The van der Waals surface area contributed by atoms with Crippen molar-refractivity contribution in [2.45, 2.75) is 25.9 Å². The molecule has 0 bridgehead atoms. The lowest BCUT2D eigenvalue weighted by atomic mass is 10.2. The van der Waals surface area contributed by atoms with E-state index in [0.29, 0.717) is 13.1 Å². The lowest BCUT2D eigenvalue weighted by Gasteiger charge is -2.15. The van der Waals surface area contributed by atoms with Crippen LogP contribution < -0.4 is 5.32 Å². The number of nitrogens with zero attached hydrogens (tertiary/aromatic N) is 1. The maximum absolute atomic E-state index is 12.8. The minimum absolute atomic E-state index is 0.0401. The first kappa shape index (κ1) is 20.2. The number of anilines is 1. The van der Waals surface area contributed by atoms with Crippen LogP contribution in [0.4, 0.5) is 18.9 Å². The summed E-state index contributed by atoms with van der Waals surface area (Å²) in [6.45, 7) is 2.89. The molecule has 3 atom stereocenters. The van der Waals surface area contributed by atoms with Crippen molar-refractivity contribution in [3.05, 3.63) is 29.8 Å². The third kappa shape index (κ3) is 4.13. The van der Waals surface area contributed by atoms with Crippen LogP contribution in [0.1, 0.15) is 25.3 Å². The minimum Gasteiger partial charge on any atom is -0.466 e. The highest BCUT2D eigenvalue weighted by Crippen LogP contribution is 2.49. The second kappa shape index (κ2) is 7.81. The molecular formula is C19H21F3N2O4. The molecule has 2 amide bonds. The molecule has 2 aliphatic rings. The summed E-state index contributed by atoms with van der Waals surface area (Å²) < 4.78 is 43.5. The third-order valence-corrected chi connectivity index (χ3v) is 5.04. The number of ether oxygens (including phenoxy) is 1. The number of rotatable bonds is 5. The minimum atomic E-state index is -4.54. The maximum Gasteiger partial charge on any atom is 0.416 e. The van der Waals surface area contributed by atoms with Crippen LogP contribution in [0, 0.1) is 17.8 Å². The molecule has 1 saturated carbocycles. The van der Waals surface area contributed by atoms with Crippen molar-refractivity contribution < 1.29 is 32.3 Å². The number of halogens is 3. The number of carbonyl (C=O) groups is 3. The second-order valence-electron chi connectivity index (χ2n) is 6.93. The van der Waals surface area contributed by atoms with Crippen molar-refractivity contribution in [1.29, 1.82) is 0 Å². The molecular weight excluding hydrogens is 377 g/mol. The van der Waals surface area contributed by atoms with E-state index < -0.39 is 41.4 Å². The van der Waals surface area contributed by atoms with E-state index in [0.717, 1.165) is 25.0 Å². The summed E-state index contributed by atoms with van der Waals surface area (Å²) in [7, 11) is 0. The number of likely N-dealkylation sites (tertiary alicyclic amines) is 1. The Morgan fingerprint density at radius 3 is 2.43 bits per heavy atom. The van der Waals surface area contributed by atoms with E-state index in [2.05, 4.69) is 5.32 Å². The molecule has 1 heterocycles. The Morgan fingerprint density at radius 2 is 1.82 bits per heavy atom. The monoisotopic (exact) mass is 398 g/mol. The van der Waals surface area contributed by atoms with Gasteiger partial charge in [-0.25, -0.2) is 0 Å². The largest absolute Gasteiger partial charge is 0.466 e. The van der Waals surface area contributed by atoms with Crippen molar-refractivity contribution in [2.24, 2.45) is 17.8 Å². The molecule has 1 aliphatic carbocycles. The fourth-order valence-corrected chi connectivity index (χ4v) is 3.62. The summed E-state index contributed by atoms with van der Waals surface area (Å²) in [5.74, 6) is -4.25. The number of hydrogen-bond acceptors (Lipinski definition) is 4. The van der Waals surface area contributed by atoms with E-state index in [-0.39, 0.29) is 18.2 Å². The lowest BCUT2D eigenvalue weighted by Crippen LogP contribution is -2.31. The Labute approximate surface area is 160 Å². The van der Waals surface area contributed by atoms with Crippen molar-refractivity contribution in [3.63, 3.8) is 0 Å². The molecule has 1 saturated heterocycles. The van der Waals surface area contributed by atoms with Crippen LogP contribution in [0.5, 0.6) is 0 Å². The number of hydrogen-bond donors (Lipinski definition) is 1. The number of nitrogens with one attached hydrogen (secondary N) is 1. The van der Waals surface area contributed by atoms with E-state index >= 15 is 0 Å². The van der Waals surface area contributed by atoms with E-state index in [1.807, 2.05) is 0 Å². The quantitative estimate of drug-likeness (QED) is 0.774. The SMILES string of the molecule is CCOC(=O)[C@@H]1[C@H](C(=O)Nc2cccc(C(F)(F)F)c2)[C@@H]1C(=O)N1CCCC1. The Balaban J connectivity index is 1.74. The van der Waals surface area contributed by atoms with Gasteiger partial charge in [-0.3, -0.25) is 14.4 Å². The Bertz CT molecular complexity index is 775. The Kier molecular flexibility index (Phi) is 5.62. The molecule has 3 rings (SSSR count). The second-order valence-corrected chi connectivity index (χ2v) is 6.93. The van der Waals surface area contributed by atoms with Crippen molar-refractivity contribution >= 4 is 23.5 Å². The van der Waals surface area contributed by atoms with E-state index in [1.165, 1.54) is 12.1 Å². The zero-order valence-corrected chi connectivity index (χ0v) is 15.3. The van der Waals surface area contributed by atoms with Gasteiger partial charge in [0.05, 0.1) is 29.9 Å². The summed E-state index contributed by atoms with van der Waals surface area (Å²) in [5.41, 5.74) is -0.936. The van der Waals surface area contributed by atoms with Gasteiger partial charge in [0.2, 0.25) is 11.8 Å². The first-order valence-corrected chi connectivity index (χ1v) is 9.17. The van der Waals surface area contributed by atoms with Gasteiger partial charge in [0.1, 0.15) is 0 Å². The van der Waals surface area contributed by atoms with Crippen molar-refractivity contribution in [2.75, 3.05) is 25.0 Å². The van der Waals surface area contributed by atoms with E-state index in [4.69, 9.17) is 4.74 Å². The molecule has 0 radical (unpaired) electrons. The molecule has 1 N–H and O–H groups in total. The summed E-state index contributed by atoms with van der Waals surface area (Å²) in [4.78, 5) is 39.1. The van der Waals surface area contributed by atoms with Crippen molar-refractivity contribution in [1.82, 2.24) is 4.90 Å². The van der Waals surface area contributed by atoms with Gasteiger partial charge in [-0.2, -0.15) is 13.2 Å². The van der Waals surface area contributed by atoms with E-state index in [1.54, 1.807) is 11.8 Å². The van der Waals surface area contributed by atoms with Crippen LogP contribution in [0.3, 0.4) is 0 Å². The smallest absolute Gasteiger partial charge is 0.416 e. The van der Waals surface area contributed by atoms with Crippen LogP contribution in [-0.4, -0.2) is 42.4 Å². The molecule has 152 valence electrons. The molecule has 28 heavy (non-hydrogen) atoms. The zero-order valence-electron chi connectivity index (χ0n) is 15.3. The van der Waals surface area contributed by atoms with Gasteiger partial charge in [-0.05, 0) is 38.0 Å². The average molecular weight is 398 g/mol. The first-order valence-electron chi connectivity index (χ1n) is 9.17. The van der Waals surface area contributed by atoms with Crippen LogP contribution in [0.2, 0.25) is 0 Å². The lowest BCUT2D eigenvalue weighted by molar-refractivity contribution is -0.147. The summed E-state index contributed by atoms with van der Waals surface area (Å²) in [6, 6.07) is 4.22. The van der Waals surface area contributed by atoms with E-state index in [9.17, 15) is 27.6 Å². The highest BCUT2D eigenvalue weighted by Gasteiger charge is 2.64. The predicted octanol–water partition coefficient (Wildman–Crippen LogP) is 2.69. The fraction of sp³-hybridized carbons (Fsp3) is 0.526. The zero-order chi connectivity index (χ0) is 20.5. The van der Waals surface area contributed by atoms with Gasteiger partial charge in [0.15, 0.2) is 0 Å². The van der Waals surface area contributed by atoms with Gasteiger partial charge < -0.3 is 15.0 Å². The standard InChI is InChI=1S/C19H21F3N2O4/c1-2-28-18(27)15-13(14(15)17(26)24-8-3-4-9-24)16(25)23-12-7-5-6-11(10-12)19(20,21)22/h5-7,10,13-15H,2-4,8-9H2,1H3,(H,23,25)/t13-,14+,15-/m1/s1. The van der Waals surface area contributed by atoms with Gasteiger partial charge in [0, 0.05) is 18.8 Å². The highest BCUT2D eigenvalue weighted by atomic mass is 19.4. The number of amides is 2. The number of esters is 1. The average Bonchev–Trinajstić information content (AvgIpc) is 3.15. The summed E-state index contributed by atoms with van der Waals surface area (Å²) >= 11 is 0. The molecule has 1 aliphatic heterocycles. The third-order valence-electron chi connectivity index (χ3n) is 5.04. The topological polar surface area (TPSA) is 75.7 Å². The van der Waals surface area contributed by atoms with Crippen molar-refractivity contribution in [3.8, 4) is 0 Å². The van der Waals surface area contributed by atoms with Gasteiger partial charge in [0.25, 0.3) is 0 Å². The highest BCUT2D eigenvalue weighted by molar-refractivity contribution is 6.05. The number of carbonyl (C=O) groups excluding carboxylic acids is 3. The van der Waals surface area contributed by atoms with Gasteiger partial charge in [-0.1, -0.05) is 6.07 Å². The molecule has 6 nitrogen and oxygen atoms in total. The van der Waals surface area contributed by atoms with Gasteiger partial charge in [-0.15, -0.1) is 0 Å². The first-order chi connectivity index (χ1) is 13.2. The molecule has 0 aromatic heterocycles. The molecule has 2 fully saturated rings. The fourth-order valence-electron chi connectivity index (χ4n) is 3.62. The molecule has 1 aromatic carbocycles. The maximum atomic E-state index is 12.8. The van der Waals surface area contributed by atoms with Crippen LogP contribution in [0.15, 0.2) is 24.3 Å². The summed E-state index contributed by atoms with van der Waals surface area (Å²) in [5, 5.41) is 2.40. The predicted molar refractivity (Wildman–Crippen MR) is 93.0 cm³/mol. The normalized spacial score (nSPS) is 24.0. The van der Waals surface area contributed by atoms with Crippen LogP contribution in [-0.2, 0) is 25.3 Å². The molecule has 0 unspecified atom stereocenters. The Hall–Kier alpha value is -2.58. The molecule has 1 aromatic rings. The number of alkyl halides is 3. The summed E-state index contributed by atoms with van der Waals surface area (Å²) in [6.07, 6.45) is -2.81.